The van der Waals surface area contributed by atoms with Gasteiger partial charge in [0, 0.05) is 42.9 Å². The predicted molar refractivity (Wildman–Crippen MR) is 104 cm³/mol. The summed E-state index contributed by atoms with van der Waals surface area (Å²) in [6.45, 7) is 6.75. The van der Waals surface area contributed by atoms with E-state index in [2.05, 4.69) is 10.3 Å². The standard InChI is InChI=1S/C20H26N4O2S/c1-14-3-4-18(11-15(14)2)27(25,26)24-10-7-19-17(13-24)12-22-20(23-19)16-5-8-21-9-6-16/h3-4,11-12,16,21H,5-10,13H2,1-2H3. The van der Waals surface area contributed by atoms with Gasteiger partial charge >= 0.3 is 0 Å². The Kier molecular flexibility index (Phi) is 5.01. The van der Waals surface area contributed by atoms with Crippen LogP contribution in [0.25, 0.3) is 0 Å². The summed E-state index contributed by atoms with van der Waals surface area (Å²) in [7, 11) is -3.51. The Morgan fingerprint density at radius 3 is 2.67 bits per heavy atom. The number of fused-ring (bicyclic) bond motifs is 1. The quantitative estimate of drug-likeness (QED) is 0.876. The summed E-state index contributed by atoms with van der Waals surface area (Å²) in [6.07, 6.45) is 4.60. The molecule has 3 heterocycles. The van der Waals surface area contributed by atoms with Crippen LogP contribution in [-0.4, -0.2) is 42.3 Å². The number of aromatic nitrogens is 2. The Labute approximate surface area is 161 Å². The van der Waals surface area contributed by atoms with Crippen molar-refractivity contribution < 1.29 is 8.42 Å². The van der Waals surface area contributed by atoms with Gasteiger partial charge in [0.1, 0.15) is 5.82 Å². The third-order valence-corrected chi connectivity index (χ3v) is 7.58. The highest BCUT2D eigenvalue weighted by Gasteiger charge is 2.30. The molecule has 0 spiro atoms. The van der Waals surface area contributed by atoms with Crippen LogP contribution in [0.3, 0.4) is 0 Å². The molecule has 1 aromatic carbocycles. The summed E-state index contributed by atoms with van der Waals surface area (Å²) in [5, 5.41) is 3.36. The molecule has 4 rings (SSSR count). The average Bonchev–Trinajstić information content (AvgIpc) is 2.69. The van der Waals surface area contributed by atoms with Gasteiger partial charge in [0.15, 0.2) is 0 Å². The van der Waals surface area contributed by atoms with Crippen LogP contribution < -0.4 is 5.32 Å². The SMILES string of the molecule is Cc1ccc(S(=O)(=O)N2CCc3nc(C4CCNCC4)ncc3C2)cc1C. The summed E-state index contributed by atoms with van der Waals surface area (Å²) in [4.78, 5) is 9.72. The molecule has 0 atom stereocenters. The van der Waals surface area contributed by atoms with E-state index in [1.807, 2.05) is 26.1 Å². The van der Waals surface area contributed by atoms with Crippen molar-refractivity contribution in [2.24, 2.45) is 0 Å². The van der Waals surface area contributed by atoms with Crippen LogP contribution in [0.5, 0.6) is 0 Å². The van der Waals surface area contributed by atoms with Gasteiger partial charge in [-0.3, -0.25) is 0 Å². The maximum Gasteiger partial charge on any atom is 0.243 e. The van der Waals surface area contributed by atoms with E-state index < -0.39 is 10.0 Å². The van der Waals surface area contributed by atoms with E-state index in [4.69, 9.17) is 4.98 Å². The minimum atomic E-state index is -3.51. The summed E-state index contributed by atoms with van der Waals surface area (Å²) in [5.41, 5.74) is 4.01. The van der Waals surface area contributed by atoms with Crippen LogP contribution in [-0.2, 0) is 23.0 Å². The lowest BCUT2D eigenvalue weighted by atomic mass is 9.96. The van der Waals surface area contributed by atoms with Crippen molar-refractivity contribution in [2.45, 2.75) is 50.5 Å². The highest BCUT2D eigenvalue weighted by molar-refractivity contribution is 7.89. The highest BCUT2D eigenvalue weighted by atomic mass is 32.2. The molecule has 7 heteroatoms. The number of nitrogens with one attached hydrogen (secondary N) is 1. The van der Waals surface area contributed by atoms with Crippen molar-refractivity contribution in [1.29, 1.82) is 0 Å². The van der Waals surface area contributed by atoms with Gasteiger partial charge in [0.05, 0.1) is 4.90 Å². The summed E-state index contributed by atoms with van der Waals surface area (Å²) >= 11 is 0. The maximum absolute atomic E-state index is 13.1. The lowest BCUT2D eigenvalue weighted by Gasteiger charge is -2.28. The molecule has 2 aliphatic heterocycles. The van der Waals surface area contributed by atoms with Gasteiger partial charge in [-0.25, -0.2) is 18.4 Å². The van der Waals surface area contributed by atoms with E-state index in [-0.39, 0.29) is 0 Å². The van der Waals surface area contributed by atoms with E-state index in [1.165, 1.54) is 0 Å². The number of aryl methyl sites for hydroxylation is 2. The van der Waals surface area contributed by atoms with Crippen molar-refractivity contribution in [3.63, 3.8) is 0 Å². The van der Waals surface area contributed by atoms with E-state index in [1.54, 1.807) is 16.4 Å². The molecule has 0 bridgehead atoms. The van der Waals surface area contributed by atoms with Crippen LogP contribution in [0.15, 0.2) is 29.3 Å². The highest BCUT2D eigenvalue weighted by Crippen LogP contribution is 2.27. The lowest BCUT2D eigenvalue weighted by molar-refractivity contribution is 0.383. The van der Waals surface area contributed by atoms with Gasteiger partial charge in [-0.2, -0.15) is 4.31 Å². The second-order valence-corrected chi connectivity index (χ2v) is 9.50. The molecule has 0 saturated carbocycles. The van der Waals surface area contributed by atoms with Crippen LogP contribution in [0.1, 0.15) is 47.0 Å². The van der Waals surface area contributed by atoms with Crippen molar-refractivity contribution in [1.82, 2.24) is 19.6 Å². The lowest BCUT2D eigenvalue weighted by Crippen LogP contribution is -2.37. The Balaban J connectivity index is 1.56. The molecule has 1 aromatic heterocycles. The third kappa shape index (κ3) is 3.63. The Hall–Kier alpha value is -1.83. The molecule has 0 aliphatic carbocycles. The molecule has 0 radical (unpaired) electrons. The fourth-order valence-corrected chi connectivity index (χ4v) is 5.32. The third-order valence-electron chi connectivity index (χ3n) is 5.74. The average molecular weight is 387 g/mol. The zero-order chi connectivity index (χ0) is 19.0. The molecule has 6 nitrogen and oxygen atoms in total. The first kappa shape index (κ1) is 18.5. The summed E-state index contributed by atoms with van der Waals surface area (Å²) in [6, 6.07) is 5.33. The van der Waals surface area contributed by atoms with Crippen molar-refractivity contribution >= 4 is 10.0 Å². The number of hydrogen-bond donors (Lipinski definition) is 1. The smallest absolute Gasteiger partial charge is 0.243 e. The van der Waals surface area contributed by atoms with Crippen LogP contribution in [0, 0.1) is 13.8 Å². The molecule has 0 amide bonds. The molecule has 2 aliphatic rings. The zero-order valence-corrected chi connectivity index (χ0v) is 16.7. The minimum absolute atomic E-state index is 0.344. The van der Waals surface area contributed by atoms with Crippen LogP contribution in [0.2, 0.25) is 0 Å². The Morgan fingerprint density at radius 1 is 1.15 bits per heavy atom. The first-order chi connectivity index (χ1) is 12.9. The number of piperidine rings is 1. The number of benzene rings is 1. The predicted octanol–water partition coefficient (Wildman–Crippen LogP) is 2.31. The van der Waals surface area contributed by atoms with Gasteiger partial charge < -0.3 is 5.32 Å². The largest absolute Gasteiger partial charge is 0.317 e. The van der Waals surface area contributed by atoms with Crippen LogP contribution >= 0.6 is 0 Å². The molecule has 1 N–H and O–H groups in total. The van der Waals surface area contributed by atoms with Crippen molar-refractivity contribution in [3.05, 3.63) is 52.6 Å². The molecule has 27 heavy (non-hydrogen) atoms. The number of nitrogens with zero attached hydrogens (tertiary/aromatic N) is 3. The molecule has 2 aromatic rings. The fourth-order valence-electron chi connectivity index (χ4n) is 3.81. The second-order valence-electron chi connectivity index (χ2n) is 7.56. The first-order valence-electron chi connectivity index (χ1n) is 9.58. The van der Waals surface area contributed by atoms with Gasteiger partial charge in [0.2, 0.25) is 10.0 Å². The monoisotopic (exact) mass is 386 g/mol. The summed E-state index contributed by atoms with van der Waals surface area (Å²) < 4.78 is 27.7. The van der Waals surface area contributed by atoms with E-state index in [9.17, 15) is 8.42 Å². The van der Waals surface area contributed by atoms with Gasteiger partial charge in [0.25, 0.3) is 0 Å². The normalized spacial score (nSPS) is 19.0. The Morgan fingerprint density at radius 2 is 1.93 bits per heavy atom. The molecule has 1 saturated heterocycles. The topological polar surface area (TPSA) is 75.2 Å². The van der Waals surface area contributed by atoms with Crippen LogP contribution in [0.4, 0.5) is 0 Å². The molecular formula is C20H26N4O2S. The summed E-state index contributed by atoms with van der Waals surface area (Å²) in [5.74, 6) is 1.33. The van der Waals surface area contributed by atoms with Crippen molar-refractivity contribution in [2.75, 3.05) is 19.6 Å². The molecular weight excluding hydrogens is 360 g/mol. The van der Waals surface area contributed by atoms with Gasteiger partial charge in [-0.1, -0.05) is 6.07 Å². The van der Waals surface area contributed by atoms with Crippen molar-refractivity contribution in [3.8, 4) is 0 Å². The maximum atomic E-state index is 13.1. The number of sulfonamides is 1. The van der Waals surface area contributed by atoms with Gasteiger partial charge in [-0.05, 0) is 63.0 Å². The van der Waals surface area contributed by atoms with E-state index in [0.717, 1.165) is 54.1 Å². The Bertz CT molecular complexity index is 952. The molecule has 144 valence electrons. The zero-order valence-electron chi connectivity index (χ0n) is 15.9. The number of hydrogen-bond acceptors (Lipinski definition) is 5. The molecule has 0 unspecified atom stereocenters. The first-order valence-corrected chi connectivity index (χ1v) is 11.0. The minimum Gasteiger partial charge on any atom is -0.317 e. The number of rotatable bonds is 3. The molecule has 1 fully saturated rings. The fraction of sp³-hybridized carbons (Fsp3) is 0.500. The second kappa shape index (κ2) is 7.30. The van der Waals surface area contributed by atoms with Gasteiger partial charge in [-0.15, -0.1) is 0 Å². The van der Waals surface area contributed by atoms with E-state index >= 15 is 0 Å². The van der Waals surface area contributed by atoms with E-state index in [0.29, 0.717) is 30.3 Å².